The number of anilines is 1. The molecule has 2 aromatic rings. The molecule has 0 saturated carbocycles. The summed E-state index contributed by atoms with van der Waals surface area (Å²) >= 11 is 0. The summed E-state index contributed by atoms with van der Waals surface area (Å²) in [6, 6.07) is 9.64. The SMILES string of the molecule is O=C(NC1CCc2nccn2C1)C1CC(=O)N(c2ccccc2)C1. The summed E-state index contributed by atoms with van der Waals surface area (Å²) in [5, 5.41) is 3.12. The molecular weight excluding hydrogens is 304 g/mol. The van der Waals surface area contributed by atoms with E-state index in [2.05, 4.69) is 14.9 Å². The van der Waals surface area contributed by atoms with E-state index in [1.54, 1.807) is 11.1 Å². The number of rotatable bonds is 3. The summed E-state index contributed by atoms with van der Waals surface area (Å²) in [5.74, 6) is 0.797. The molecule has 0 radical (unpaired) electrons. The monoisotopic (exact) mass is 324 g/mol. The van der Waals surface area contributed by atoms with Gasteiger partial charge >= 0.3 is 0 Å². The van der Waals surface area contributed by atoms with Crippen LogP contribution in [-0.2, 0) is 22.6 Å². The Morgan fingerprint density at radius 3 is 2.88 bits per heavy atom. The smallest absolute Gasteiger partial charge is 0.227 e. The van der Waals surface area contributed by atoms with Crippen LogP contribution in [0.15, 0.2) is 42.7 Å². The molecule has 24 heavy (non-hydrogen) atoms. The van der Waals surface area contributed by atoms with Gasteiger partial charge in [-0.15, -0.1) is 0 Å². The molecule has 2 unspecified atom stereocenters. The van der Waals surface area contributed by atoms with Gasteiger partial charge in [0.2, 0.25) is 11.8 Å². The zero-order chi connectivity index (χ0) is 16.5. The molecule has 1 aromatic carbocycles. The van der Waals surface area contributed by atoms with Crippen LogP contribution in [0, 0.1) is 5.92 Å². The molecule has 3 heterocycles. The molecule has 2 amide bonds. The van der Waals surface area contributed by atoms with E-state index < -0.39 is 0 Å². The van der Waals surface area contributed by atoms with Crippen LogP contribution in [-0.4, -0.2) is 34.0 Å². The number of nitrogens with one attached hydrogen (secondary N) is 1. The molecule has 1 saturated heterocycles. The highest BCUT2D eigenvalue weighted by Gasteiger charge is 2.36. The van der Waals surface area contributed by atoms with Crippen molar-refractivity contribution in [1.29, 1.82) is 0 Å². The van der Waals surface area contributed by atoms with Crippen molar-refractivity contribution in [2.45, 2.75) is 31.8 Å². The van der Waals surface area contributed by atoms with Crippen LogP contribution >= 0.6 is 0 Å². The summed E-state index contributed by atoms with van der Waals surface area (Å²) in [5.41, 5.74) is 0.860. The first-order valence-corrected chi connectivity index (χ1v) is 8.36. The van der Waals surface area contributed by atoms with Crippen LogP contribution in [0.3, 0.4) is 0 Å². The fourth-order valence-corrected chi connectivity index (χ4v) is 3.54. The van der Waals surface area contributed by atoms with E-state index in [-0.39, 0.29) is 30.2 Å². The van der Waals surface area contributed by atoms with Crippen molar-refractivity contribution in [1.82, 2.24) is 14.9 Å². The number of carbonyl (C=O) groups is 2. The minimum absolute atomic E-state index is 0.0156. The summed E-state index contributed by atoms with van der Waals surface area (Å²) in [6.45, 7) is 1.21. The quantitative estimate of drug-likeness (QED) is 0.927. The minimum atomic E-state index is -0.276. The molecule has 1 N–H and O–H groups in total. The molecule has 4 rings (SSSR count). The Hall–Kier alpha value is -2.63. The number of benzene rings is 1. The van der Waals surface area contributed by atoms with Gasteiger partial charge in [-0.2, -0.15) is 0 Å². The van der Waals surface area contributed by atoms with Crippen LogP contribution in [0.4, 0.5) is 5.69 Å². The molecule has 1 aromatic heterocycles. The summed E-state index contributed by atoms with van der Waals surface area (Å²) in [6.07, 6.45) is 5.80. The number of aryl methyl sites for hydroxylation is 1. The number of carbonyl (C=O) groups excluding carboxylic acids is 2. The van der Waals surface area contributed by atoms with E-state index in [0.717, 1.165) is 30.9 Å². The fourth-order valence-electron chi connectivity index (χ4n) is 3.54. The maximum atomic E-state index is 12.6. The van der Waals surface area contributed by atoms with E-state index in [1.807, 2.05) is 36.5 Å². The maximum absolute atomic E-state index is 12.6. The topological polar surface area (TPSA) is 67.2 Å². The van der Waals surface area contributed by atoms with Crippen molar-refractivity contribution < 1.29 is 9.59 Å². The highest BCUT2D eigenvalue weighted by atomic mass is 16.2. The molecule has 0 spiro atoms. The van der Waals surface area contributed by atoms with Gasteiger partial charge in [-0.3, -0.25) is 9.59 Å². The van der Waals surface area contributed by atoms with Gasteiger partial charge in [0.15, 0.2) is 0 Å². The van der Waals surface area contributed by atoms with Crippen molar-refractivity contribution in [2.75, 3.05) is 11.4 Å². The number of amides is 2. The first kappa shape index (κ1) is 14.9. The number of fused-ring (bicyclic) bond motifs is 1. The second kappa shape index (κ2) is 6.11. The van der Waals surface area contributed by atoms with Crippen LogP contribution in [0.5, 0.6) is 0 Å². The molecule has 6 nitrogen and oxygen atoms in total. The van der Waals surface area contributed by atoms with Gasteiger partial charge in [-0.1, -0.05) is 18.2 Å². The van der Waals surface area contributed by atoms with Crippen molar-refractivity contribution in [2.24, 2.45) is 5.92 Å². The second-order valence-corrected chi connectivity index (χ2v) is 6.48. The Balaban J connectivity index is 1.38. The Kier molecular flexibility index (Phi) is 3.80. The Labute approximate surface area is 140 Å². The summed E-state index contributed by atoms with van der Waals surface area (Å²) in [7, 11) is 0. The standard InChI is InChI=1S/C18H20N4O2/c23-17-10-13(11-22(17)15-4-2-1-3-5-15)18(24)20-14-6-7-16-19-8-9-21(16)12-14/h1-5,8-9,13-14H,6-7,10-12H2,(H,20,24). The molecule has 6 heteroatoms. The summed E-state index contributed by atoms with van der Waals surface area (Å²) in [4.78, 5) is 30.8. The van der Waals surface area contributed by atoms with Gasteiger partial charge in [0, 0.05) is 50.1 Å². The zero-order valence-electron chi connectivity index (χ0n) is 13.4. The van der Waals surface area contributed by atoms with Crippen LogP contribution in [0.1, 0.15) is 18.7 Å². The Morgan fingerprint density at radius 1 is 1.21 bits per heavy atom. The molecule has 2 aliphatic heterocycles. The number of hydrogen-bond donors (Lipinski definition) is 1. The lowest BCUT2D eigenvalue weighted by Gasteiger charge is -2.26. The third-order valence-corrected chi connectivity index (χ3v) is 4.85. The Morgan fingerprint density at radius 2 is 2.04 bits per heavy atom. The van der Waals surface area contributed by atoms with E-state index >= 15 is 0 Å². The third kappa shape index (κ3) is 2.79. The van der Waals surface area contributed by atoms with Crippen molar-refractivity contribution >= 4 is 17.5 Å². The van der Waals surface area contributed by atoms with E-state index in [9.17, 15) is 9.59 Å². The fraction of sp³-hybridized carbons (Fsp3) is 0.389. The lowest BCUT2D eigenvalue weighted by atomic mass is 10.0. The number of imidazole rings is 1. The van der Waals surface area contributed by atoms with Crippen LogP contribution < -0.4 is 10.2 Å². The average Bonchev–Trinajstić information content (AvgIpc) is 3.21. The average molecular weight is 324 g/mol. The van der Waals surface area contributed by atoms with Crippen molar-refractivity contribution in [3.63, 3.8) is 0 Å². The highest BCUT2D eigenvalue weighted by Crippen LogP contribution is 2.25. The van der Waals surface area contributed by atoms with Crippen molar-refractivity contribution in [3.8, 4) is 0 Å². The van der Waals surface area contributed by atoms with Gasteiger partial charge in [0.05, 0.1) is 5.92 Å². The van der Waals surface area contributed by atoms with Gasteiger partial charge in [0.25, 0.3) is 0 Å². The minimum Gasteiger partial charge on any atom is -0.351 e. The van der Waals surface area contributed by atoms with Crippen molar-refractivity contribution in [3.05, 3.63) is 48.5 Å². The Bertz CT molecular complexity index is 755. The maximum Gasteiger partial charge on any atom is 0.227 e. The highest BCUT2D eigenvalue weighted by molar-refractivity contribution is 6.00. The lowest BCUT2D eigenvalue weighted by Crippen LogP contribution is -2.44. The molecule has 2 atom stereocenters. The summed E-state index contributed by atoms with van der Waals surface area (Å²) < 4.78 is 2.09. The predicted molar refractivity (Wildman–Crippen MR) is 89.4 cm³/mol. The molecular formula is C18H20N4O2. The number of para-hydroxylation sites is 1. The number of hydrogen-bond acceptors (Lipinski definition) is 3. The van der Waals surface area contributed by atoms with E-state index in [1.165, 1.54) is 0 Å². The van der Waals surface area contributed by atoms with Crippen LogP contribution in [0.2, 0.25) is 0 Å². The molecule has 2 aliphatic rings. The van der Waals surface area contributed by atoms with E-state index in [4.69, 9.17) is 0 Å². The zero-order valence-corrected chi connectivity index (χ0v) is 13.4. The predicted octanol–water partition coefficient (Wildman–Crippen LogP) is 1.37. The first-order valence-electron chi connectivity index (χ1n) is 8.36. The largest absolute Gasteiger partial charge is 0.351 e. The molecule has 1 fully saturated rings. The molecule has 0 bridgehead atoms. The number of nitrogens with zero attached hydrogens (tertiary/aromatic N) is 3. The van der Waals surface area contributed by atoms with Gasteiger partial charge in [-0.25, -0.2) is 4.98 Å². The van der Waals surface area contributed by atoms with Gasteiger partial charge < -0.3 is 14.8 Å². The van der Waals surface area contributed by atoms with Gasteiger partial charge in [-0.05, 0) is 18.6 Å². The second-order valence-electron chi connectivity index (χ2n) is 6.48. The normalized spacial score (nSPS) is 23.2. The lowest BCUT2D eigenvalue weighted by molar-refractivity contribution is -0.127. The van der Waals surface area contributed by atoms with Gasteiger partial charge in [0.1, 0.15) is 5.82 Å². The third-order valence-electron chi connectivity index (χ3n) is 4.85. The van der Waals surface area contributed by atoms with E-state index in [0.29, 0.717) is 6.54 Å². The number of aromatic nitrogens is 2. The first-order chi connectivity index (χ1) is 11.7. The molecule has 0 aliphatic carbocycles. The van der Waals surface area contributed by atoms with Crippen LogP contribution in [0.25, 0.3) is 0 Å². The molecule has 124 valence electrons.